The van der Waals surface area contributed by atoms with Crippen LogP contribution in [0.1, 0.15) is 91.3 Å². The van der Waals surface area contributed by atoms with Crippen LogP contribution in [0, 0.1) is 0 Å². The Kier molecular flexibility index (Phi) is 9.15. The molecule has 2 N–H and O–H groups in total. The monoisotopic (exact) mass is 486 g/mol. The van der Waals surface area contributed by atoms with Crippen molar-refractivity contribution in [2.45, 2.75) is 102 Å². The quantitative estimate of drug-likeness (QED) is 0.266. The summed E-state index contributed by atoms with van der Waals surface area (Å²) in [5.74, 6) is 1.08. The zero-order valence-corrected chi connectivity index (χ0v) is 22.9. The molecule has 2 aromatic carbocycles. The number of ether oxygens (including phenoxy) is 1. The van der Waals surface area contributed by atoms with Crippen LogP contribution in [-0.2, 0) is 22.0 Å². The first kappa shape index (κ1) is 28.1. The minimum Gasteiger partial charge on any atom is -0.507 e. The van der Waals surface area contributed by atoms with E-state index >= 15 is 0 Å². The number of rotatable bonds is 10. The fraction of sp³-hybridized carbons (Fsp3) is 0.552. The van der Waals surface area contributed by atoms with Crippen LogP contribution >= 0.6 is 11.8 Å². The first-order valence-corrected chi connectivity index (χ1v) is 13.1. The molecule has 0 heterocycles. The number of aryl methyl sites for hydroxylation is 1. The number of carboxylic acids is 1. The molecule has 0 bridgehead atoms. The minimum absolute atomic E-state index is 0.107. The van der Waals surface area contributed by atoms with Crippen molar-refractivity contribution in [3.8, 4) is 11.5 Å². The number of benzene rings is 2. The summed E-state index contributed by atoms with van der Waals surface area (Å²) in [6.07, 6.45) is 4.38. The fourth-order valence-corrected chi connectivity index (χ4v) is 4.68. The van der Waals surface area contributed by atoms with Gasteiger partial charge in [-0.25, -0.2) is 4.79 Å². The Labute approximate surface area is 210 Å². The molecule has 0 saturated carbocycles. The molecular formula is C29H42O4S. The molecule has 0 unspecified atom stereocenters. The van der Waals surface area contributed by atoms with Crippen molar-refractivity contribution in [3.63, 3.8) is 0 Å². The Morgan fingerprint density at radius 1 is 0.853 bits per heavy atom. The van der Waals surface area contributed by atoms with Gasteiger partial charge in [-0.2, -0.15) is 0 Å². The van der Waals surface area contributed by atoms with E-state index in [1.165, 1.54) is 10.5 Å². The standard InChI is InChI=1S/C29H42O4S/c1-27(2,3)23-18-22(19-24(25(23)30)28(4,5)6)34-17-11-9-10-12-20-13-15-21(16-14-20)33-29(7,8)26(31)32/h13-16,18-19,30H,9-12,17H2,1-8H3,(H,31,32). The molecule has 4 nitrogen and oxygen atoms in total. The van der Waals surface area contributed by atoms with Crippen LogP contribution in [-0.4, -0.2) is 27.5 Å². The molecule has 5 heteroatoms. The topological polar surface area (TPSA) is 66.8 Å². The van der Waals surface area contributed by atoms with Crippen molar-refractivity contribution in [1.29, 1.82) is 0 Å². The Morgan fingerprint density at radius 2 is 1.38 bits per heavy atom. The molecule has 2 rings (SSSR count). The lowest BCUT2D eigenvalue weighted by molar-refractivity contribution is -0.152. The second-order valence-corrected chi connectivity index (χ2v) is 12.8. The highest BCUT2D eigenvalue weighted by Gasteiger charge is 2.29. The van der Waals surface area contributed by atoms with Crippen LogP contribution in [0.5, 0.6) is 11.5 Å². The molecule has 0 aliphatic carbocycles. The number of hydrogen-bond donors (Lipinski definition) is 2. The number of phenols is 1. The molecule has 0 aliphatic heterocycles. The Bertz CT molecular complexity index is 928. The fourth-order valence-electron chi connectivity index (χ4n) is 3.70. The highest BCUT2D eigenvalue weighted by Crippen LogP contribution is 2.41. The second kappa shape index (κ2) is 11.1. The average Bonchev–Trinajstić information content (AvgIpc) is 2.70. The van der Waals surface area contributed by atoms with Gasteiger partial charge in [-0.15, -0.1) is 11.8 Å². The lowest BCUT2D eigenvalue weighted by Gasteiger charge is -2.28. The highest BCUT2D eigenvalue weighted by molar-refractivity contribution is 7.99. The van der Waals surface area contributed by atoms with Crippen molar-refractivity contribution in [2.24, 2.45) is 0 Å². The molecule has 0 radical (unpaired) electrons. The maximum absolute atomic E-state index is 11.2. The number of thioether (sulfide) groups is 1. The van der Waals surface area contributed by atoms with Crippen molar-refractivity contribution in [1.82, 2.24) is 0 Å². The molecule has 0 atom stereocenters. The molecule has 0 saturated heterocycles. The third-order valence-electron chi connectivity index (χ3n) is 5.89. The Morgan fingerprint density at radius 3 is 1.85 bits per heavy atom. The Balaban J connectivity index is 1.86. The predicted molar refractivity (Wildman–Crippen MR) is 143 cm³/mol. The molecule has 34 heavy (non-hydrogen) atoms. The second-order valence-electron chi connectivity index (χ2n) is 11.6. The summed E-state index contributed by atoms with van der Waals surface area (Å²) in [4.78, 5) is 12.4. The maximum atomic E-state index is 11.2. The first-order valence-electron chi connectivity index (χ1n) is 12.1. The molecule has 0 fully saturated rings. The van der Waals surface area contributed by atoms with Crippen LogP contribution in [0.25, 0.3) is 0 Å². The van der Waals surface area contributed by atoms with Gasteiger partial charge in [-0.3, -0.25) is 0 Å². The largest absolute Gasteiger partial charge is 0.507 e. The number of carboxylic acid groups (broad SMARTS) is 1. The Hall–Kier alpha value is -2.14. The first-order chi connectivity index (χ1) is 15.6. The van der Waals surface area contributed by atoms with Gasteiger partial charge in [0.2, 0.25) is 0 Å². The van der Waals surface area contributed by atoms with E-state index in [9.17, 15) is 15.0 Å². The number of phenolic OH excluding ortho intramolecular Hbond substituents is 1. The molecule has 2 aromatic rings. The van der Waals surface area contributed by atoms with E-state index in [2.05, 4.69) is 53.7 Å². The van der Waals surface area contributed by atoms with Gasteiger partial charge in [0.25, 0.3) is 0 Å². The van der Waals surface area contributed by atoms with Gasteiger partial charge in [0.1, 0.15) is 11.5 Å². The molecule has 0 aliphatic rings. The number of aliphatic carboxylic acids is 1. The predicted octanol–water partition coefficient (Wildman–Crippen LogP) is 7.73. The summed E-state index contributed by atoms with van der Waals surface area (Å²) in [5, 5.41) is 20.1. The average molecular weight is 487 g/mol. The van der Waals surface area contributed by atoms with Crippen LogP contribution in [0.4, 0.5) is 0 Å². The lowest BCUT2D eigenvalue weighted by atomic mass is 9.79. The molecular weight excluding hydrogens is 444 g/mol. The van der Waals surface area contributed by atoms with Gasteiger partial charge in [-0.1, -0.05) is 60.1 Å². The SMILES string of the molecule is CC(C)(Oc1ccc(CCCCCSc2cc(C(C)(C)C)c(O)c(C(C)(C)C)c2)cc1)C(=O)O. The summed E-state index contributed by atoms with van der Waals surface area (Å²) in [5.41, 5.74) is 1.81. The number of carbonyl (C=O) groups is 1. The molecule has 0 aromatic heterocycles. The third-order valence-corrected chi connectivity index (χ3v) is 6.95. The number of unbranched alkanes of at least 4 members (excludes halogenated alkanes) is 2. The van der Waals surface area contributed by atoms with E-state index in [0.717, 1.165) is 42.6 Å². The summed E-state index contributed by atoms with van der Waals surface area (Å²) in [7, 11) is 0. The molecule has 0 amide bonds. The molecule has 188 valence electrons. The van der Waals surface area contributed by atoms with Crippen LogP contribution in [0.2, 0.25) is 0 Å². The van der Waals surface area contributed by atoms with Gasteiger partial charge in [0.05, 0.1) is 0 Å². The number of aromatic hydroxyl groups is 1. The maximum Gasteiger partial charge on any atom is 0.347 e. The van der Waals surface area contributed by atoms with E-state index in [1.54, 1.807) is 13.8 Å². The van der Waals surface area contributed by atoms with Crippen LogP contribution in [0.3, 0.4) is 0 Å². The van der Waals surface area contributed by atoms with Gasteiger partial charge < -0.3 is 14.9 Å². The van der Waals surface area contributed by atoms with E-state index in [4.69, 9.17) is 4.74 Å². The van der Waals surface area contributed by atoms with Crippen LogP contribution < -0.4 is 4.74 Å². The zero-order valence-electron chi connectivity index (χ0n) is 22.1. The van der Waals surface area contributed by atoms with Gasteiger partial charge in [0.15, 0.2) is 5.60 Å². The van der Waals surface area contributed by atoms with Gasteiger partial charge in [-0.05, 0) is 79.5 Å². The highest BCUT2D eigenvalue weighted by atomic mass is 32.2. The summed E-state index contributed by atoms with van der Waals surface area (Å²) < 4.78 is 5.57. The third kappa shape index (κ3) is 7.97. The van der Waals surface area contributed by atoms with E-state index in [1.807, 2.05) is 36.0 Å². The van der Waals surface area contributed by atoms with Crippen molar-refractivity contribution in [3.05, 3.63) is 53.1 Å². The van der Waals surface area contributed by atoms with Gasteiger partial charge >= 0.3 is 5.97 Å². The van der Waals surface area contributed by atoms with E-state index < -0.39 is 11.6 Å². The van der Waals surface area contributed by atoms with Crippen molar-refractivity contribution in [2.75, 3.05) is 5.75 Å². The van der Waals surface area contributed by atoms with Crippen molar-refractivity contribution < 1.29 is 19.7 Å². The normalized spacial score (nSPS) is 12.6. The molecule has 0 spiro atoms. The smallest absolute Gasteiger partial charge is 0.347 e. The van der Waals surface area contributed by atoms with Crippen LogP contribution in [0.15, 0.2) is 41.3 Å². The minimum atomic E-state index is -1.24. The summed E-state index contributed by atoms with van der Waals surface area (Å²) >= 11 is 1.87. The van der Waals surface area contributed by atoms with E-state index in [-0.39, 0.29) is 10.8 Å². The summed E-state index contributed by atoms with van der Waals surface area (Å²) in [6.45, 7) is 16.0. The summed E-state index contributed by atoms with van der Waals surface area (Å²) in [6, 6.07) is 12.0. The van der Waals surface area contributed by atoms with E-state index in [0.29, 0.717) is 11.5 Å². The van der Waals surface area contributed by atoms with Gasteiger partial charge in [0, 0.05) is 16.0 Å². The lowest BCUT2D eigenvalue weighted by Crippen LogP contribution is -2.37. The number of hydrogen-bond acceptors (Lipinski definition) is 4. The zero-order chi connectivity index (χ0) is 25.7. The van der Waals surface area contributed by atoms with Crippen molar-refractivity contribution >= 4 is 17.7 Å².